The average Bonchev–Trinajstić information content (AvgIpc) is 3.22. The summed E-state index contributed by atoms with van der Waals surface area (Å²) in [6, 6.07) is 13.4. The maximum atomic E-state index is 2.44. The molecule has 0 nitrogen and oxygen atoms in total. The third-order valence-electron chi connectivity index (χ3n) is 2.84. The molecule has 0 aliphatic carbocycles. The van der Waals surface area contributed by atoms with Crippen LogP contribution in [0.3, 0.4) is 0 Å². The van der Waals surface area contributed by atoms with E-state index in [0.717, 1.165) is 0 Å². The molecule has 3 aromatic heterocycles. The minimum atomic E-state index is -1.33. The van der Waals surface area contributed by atoms with Crippen molar-refractivity contribution >= 4 is 55.1 Å². The van der Waals surface area contributed by atoms with Crippen LogP contribution in [-0.2, 0) is 0 Å². The zero-order chi connectivity index (χ0) is 13.7. The van der Waals surface area contributed by atoms with Gasteiger partial charge < -0.3 is 0 Å². The molecular weight excluding hydrogens is 319 g/mol. The van der Waals surface area contributed by atoms with Gasteiger partial charge in [0.25, 0.3) is 0 Å². The summed E-state index contributed by atoms with van der Waals surface area (Å²) < 4.78 is 4.59. The van der Waals surface area contributed by atoms with E-state index in [1.54, 1.807) is 0 Å². The molecule has 4 heteroatoms. The van der Waals surface area contributed by atoms with Gasteiger partial charge in [0, 0.05) is 0 Å². The Morgan fingerprint density at radius 2 is 1.00 bits per heavy atom. The van der Waals surface area contributed by atoms with Crippen molar-refractivity contribution in [2.45, 2.75) is 21.3 Å². The second kappa shape index (κ2) is 8.09. The molecule has 0 atom stereocenters. The molecule has 0 N–H and O–H groups in total. The molecule has 0 spiro atoms. The van der Waals surface area contributed by atoms with Crippen LogP contribution in [0.1, 0.15) is 21.3 Å². The topological polar surface area (TPSA) is 0 Å². The van der Waals surface area contributed by atoms with E-state index >= 15 is 0 Å². The summed E-state index contributed by atoms with van der Waals surface area (Å²) in [7, 11) is -1.33. The van der Waals surface area contributed by atoms with Crippen molar-refractivity contribution in [2.75, 3.05) is 6.66 Å². The van der Waals surface area contributed by atoms with Gasteiger partial charge in [0.1, 0.15) is 7.26 Å². The van der Waals surface area contributed by atoms with E-state index in [9.17, 15) is 0 Å². The third-order valence-corrected chi connectivity index (χ3v) is 12.2. The van der Waals surface area contributed by atoms with E-state index in [2.05, 4.69) is 59.2 Å². The van der Waals surface area contributed by atoms with Gasteiger partial charge >= 0.3 is 0 Å². The molecule has 3 aromatic rings. The molecule has 0 bridgehead atoms. The molecule has 20 heavy (non-hydrogen) atoms. The smallest absolute Gasteiger partial charge is 0.107 e. The van der Waals surface area contributed by atoms with Crippen molar-refractivity contribution in [1.82, 2.24) is 0 Å². The van der Waals surface area contributed by atoms with Crippen LogP contribution >= 0.6 is 41.3 Å². The first-order chi connectivity index (χ1) is 9.32. The van der Waals surface area contributed by atoms with E-state index in [1.165, 1.54) is 13.9 Å². The Morgan fingerprint density at radius 1 is 0.700 bits per heavy atom. The van der Waals surface area contributed by atoms with Gasteiger partial charge in [-0.05, 0) is 52.5 Å². The zero-order valence-corrected chi connectivity index (χ0v) is 14.7. The van der Waals surface area contributed by atoms with Crippen molar-refractivity contribution in [3.63, 3.8) is 0 Å². The molecule has 0 saturated carbocycles. The fraction of sp³-hybridized carbons (Fsp3) is 0.250. The molecule has 0 aliphatic heterocycles. The van der Waals surface area contributed by atoms with Gasteiger partial charge in [-0.1, -0.05) is 21.3 Å². The molecule has 108 valence electrons. The Hall–Kier alpha value is -0.470. The van der Waals surface area contributed by atoms with Crippen LogP contribution in [0, 0.1) is 0 Å². The average molecular weight is 342 g/mol. The summed E-state index contributed by atoms with van der Waals surface area (Å²) in [4.78, 5) is 0. The molecule has 0 unspecified atom stereocenters. The SMILES string of the molecule is C.CC.C[P+](c1cccs1)(c1cccs1)c1cccs1. The van der Waals surface area contributed by atoms with Crippen molar-refractivity contribution < 1.29 is 0 Å². The van der Waals surface area contributed by atoms with Crippen LogP contribution in [0.4, 0.5) is 0 Å². The predicted molar refractivity (Wildman–Crippen MR) is 103 cm³/mol. The molecule has 3 rings (SSSR count). The number of thiophene rings is 3. The molecule has 0 aliphatic rings. The van der Waals surface area contributed by atoms with E-state index < -0.39 is 7.26 Å². The largest absolute Gasteiger partial charge is 0.158 e. The summed E-state index contributed by atoms with van der Waals surface area (Å²) in [6.45, 7) is 6.44. The highest BCUT2D eigenvalue weighted by Crippen LogP contribution is 2.54. The molecule has 0 fully saturated rings. The van der Waals surface area contributed by atoms with Gasteiger partial charge in [0.15, 0.2) is 13.9 Å². The Morgan fingerprint density at radius 3 is 1.20 bits per heavy atom. The second-order valence-electron chi connectivity index (χ2n) is 3.86. The highest BCUT2D eigenvalue weighted by molar-refractivity contribution is 8.03. The van der Waals surface area contributed by atoms with Gasteiger partial charge in [-0.25, -0.2) is 0 Å². The quantitative estimate of drug-likeness (QED) is 0.555. The van der Waals surface area contributed by atoms with Crippen LogP contribution in [0.2, 0.25) is 0 Å². The Bertz CT molecular complexity index is 481. The molecule has 0 radical (unpaired) electrons. The predicted octanol–water partition coefficient (Wildman–Crippen LogP) is 5.46. The lowest BCUT2D eigenvalue weighted by molar-refractivity contribution is 1.50. The third kappa shape index (κ3) is 3.23. The van der Waals surface area contributed by atoms with Gasteiger partial charge in [0.05, 0.1) is 6.66 Å². The first-order valence-corrected chi connectivity index (χ1v) is 11.2. The maximum absolute atomic E-state index is 2.44. The molecule has 0 aromatic carbocycles. The lowest BCUT2D eigenvalue weighted by atomic mass is 10.7. The van der Waals surface area contributed by atoms with E-state index in [-0.39, 0.29) is 7.43 Å². The van der Waals surface area contributed by atoms with E-state index in [1.807, 2.05) is 47.9 Å². The van der Waals surface area contributed by atoms with Crippen molar-refractivity contribution in [3.05, 3.63) is 52.5 Å². The van der Waals surface area contributed by atoms with Crippen molar-refractivity contribution in [1.29, 1.82) is 0 Å². The maximum Gasteiger partial charge on any atom is 0.158 e. The van der Waals surface area contributed by atoms with Gasteiger partial charge in [-0.2, -0.15) is 0 Å². The summed E-state index contributed by atoms with van der Waals surface area (Å²) >= 11 is 5.67. The number of hydrogen-bond donors (Lipinski definition) is 0. The Balaban J connectivity index is 0.000000639. The van der Waals surface area contributed by atoms with Gasteiger partial charge in [-0.15, -0.1) is 34.0 Å². The van der Waals surface area contributed by atoms with Crippen LogP contribution in [0.15, 0.2) is 52.5 Å². The standard InChI is InChI=1S/C13H12PS3.C2H6.CH4/c1-14(11-5-2-8-15-11,12-6-3-9-16-12)13-7-4-10-17-13;1-2;/h2-10H,1H3;1-2H3;1H4/q+1;;. The summed E-state index contributed by atoms with van der Waals surface area (Å²) in [5.74, 6) is 0. The molecule has 0 amide bonds. The number of rotatable bonds is 3. The summed E-state index contributed by atoms with van der Waals surface area (Å²) in [5.41, 5.74) is 0. The van der Waals surface area contributed by atoms with Crippen molar-refractivity contribution in [2.24, 2.45) is 0 Å². The Kier molecular flexibility index (Phi) is 7.11. The van der Waals surface area contributed by atoms with E-state index in [0.29, 0.717) is 0 Å². The minimum absolute atomic E-state index is 0. The fourth-order valence-electron chi connectivity index (χ4n) is 1.90. The van der Waals surface area contributed by atoms with Crippen LogP contribution in [-0.4, -0.2) is 6.66 Å². The monoisotopic (exact) mass is 341 g/mol. The highest BCUT2D eigenvalue weighted by atomic mass is 32.1. The minimum Gasteiger partial charge on any atom is -0.107 e. The van der Waals surface area contributed by atoms with Crippen LogP contribution < -0.4 is 13.9 Å². The normalized spacial score (nSPS) is 10.3. The van der Waals surface area contributed by atoms with Gasteiger partial charge in [-0.3, -0.25) is 0 Å². The van der Waals surface area contributed by atoms with Crippen LogP contribution in [0.5, 0.6) is 0 Å². The lowest BCUT2D eigenvalue weighted by Gasteiger charge is -2.16. The summed E-state index contributed by atoms with van der Waals surface area (Å²) in [6.07, 6.45) is 0. The summed E-state index contributed by atoms with van der Waals surface area (Å²) in [5, 5.41) is 6.57. The molecule has 0 saturated heterocycles. The van der Waals surface area contributed by atoms with Crippen molar-refractivity contribution in [3.8, 4) is 0 Å². The highest BCUT2D eigenvalue weighted by Gasteiger charge is 2.43. The first kappa shape index (κ1) is 17.6. The molecule has 3 heterocycles. The lowest BCUT2D eigenvalue weighted by Crippen LogP contribution is -2.24. The second-order valence-corrected chi connectivity index (χ2v) is 11.1. The zero-order valence-electron chi connectivity index (χ0n) is 11.4. The van der Waals surface area contributed by atoms with Gasteiger partial charge in [0.2, 0.25) is 0 Å². The van der Waals surface area contributed by atoms with E-state index in [4.69, 9.17) is 0 Å². The Labute approximate surface area is 135 Å². The fourth-order valence-corrected chi connectivity index (χ4v) is 10.4. The number of hydrogen-bond acceptors (Lipinski definition) is 3. The van der Waals surface area contributed by atoms with Crippen LogP contribution in [0.25, 0.3) is 0 Å². The molecular formula is C16H22PS3+. The first-order valence-electron chi connectivity index (χ1n) is 6.30.